The molecule has 0 amide bonds. The molecular formula is C12H16O. The van der Waals surface area contributed by atoms with Crippen LogP contribution in [0.2, 0.25) is 0 Å². The monoisotopic (exact) mass is 176 g/mol. The maximum Gasteiger partial charge on any atom is 0.126 e. The largest absolute Gasteiger partial charge is 0.489 e. The lowest BCUT2D eigenvalue weighted by atomic mass is 10.1. The van der Waals surface area contributed by atoms with E-state index in [4.69, 9.17) is 4.74 Å². The van der Waals surface area contributed by atoms with Crippen LogP contribution in [0.15, 0.2) is 30.3 Å². The SMILES string of the molecule is C1=Cc2ccccc2OC1.CCC. The third-order valence-corrected chi connectivity index (χ3v) is 1.55. The third kappa shape index (κ3) is 2.94. The van der Waals surface area contributed by atoms with Gasteiger partial charge in [-0.05, 0) is 12.1 Å². The fourth-order valence-corrected chi connectivity index (χ4v) is 1.06. The molecule has 0 fully saturated rings. The molecule has 1 aromatic carbocycles. The van der Waals surface area contributed by atoms with Crippen LogP contribution in [0.3, 0.4) is 0 Å². The van der Waals surface area contributed by atoms with Crippen molar-refractivity contribution in [1.82, 2.24) is 0 Å². The molecule has 1 aliphatic rings. The standard InChI is InChI=1S/C9H8O.C3H8/c1-2-6-9-8(4-1)5-3-7-10-9;1-3-2/h1-6H,7H2;3H2,1-2H3. The van der Waals surface area contributed by atoms with Crippen LogP contribution < -0.4 is 4.74 Å². The van der Waals surface area contributed by atoms with Gasteiger partial charge in [-0.3, -0.25) is 0 Å². The topological polar surface area (TPSA) is 9.23 Å². The van der Waals surface area contributed by atoms with Gasteiger partial charge in [0.15, 0.2) is 0 Å². The summed E-state index contributed by atoms with van der Waals surface area (Å²) >= 11 is 0. The second-order valence-electron chi connectivity index (χ2n) is 2.96. The molecule has 2 rings (SSSR count). The van der Waals surface area contributed by atoms with Gasteiger partial charge >= 0.3 is 0 Å². The smallest absolute Gasteiger partial charge is 0.126 e. The Balaban J connectivity index is 0.000000251. The molecule has 1 nitrogen and oxygen atoms in total. The van der Waals surface area contributed by atoms with Crippen LogP contribution in [0.25, 0.3) is 6.08 Å². The fraction of sp³-hybridized carbons (Fsp3) is 0.333. The summed E-state index contributed by atoms with van der Waals surface area (Å²) in [5.41, 5.74) is 1.17. The molecule has 0 spiro atoms. The molecular weight excluding hydrogens is 160 g/mol. The van der Waals surface area contributed by atoms with Gasteiger partial charge < -0.3 is 4.74 Å². The van der Waals surface area contributed by atoms with Crippen LogP contribution >= 0.6 is 0 Å². The predicted molar refractivity (Wildman–Crippen MR) is 56.9 cm³/mol. The Hall–Kier alpha value is -1.24. The lowest BCUT2D eigenvalue weighted by Gasteiger charge is -2.10. The maximum absolute atomic E-state index is 5.34. The first kappa shape index (κ1) is 9.85. The van der Waals surface area contributed by atoms with Gasteiger partial charge in [-0.1, -0.05) is 44.5 Å². The number of fused-ring (bicyclic) bond motifs is 1. The zero-order valence-corrected chi connectivity index (χ0v) is 8.29. The molecule has 0 bridgehead atoms. The fourth-order valence-electron chi connectivity index (χ4n) is 1.06. The molecule has 1 aliphatic heterocycles. The first-order chi connectivity index (χ1) is 6.38. The number of para-hydroxylation sites is 1. The zero-order valence-electron chi connectivity index (χ0n) is 8.29. The molecule has 1 heterocycles. The summed E-state index contributed by atoms with van der Waals surface area (Å²) in [6.07, 6.45) is 5.35. The summed E-state index contributed by atoms with van der Waals surface area (Å²) in [6, 6.07) is 8.03. The molecule has 1 heteroatoms. The Kier molecular flexibility index (Phi) is 4.10. The summed E-state index contributed by atoms with van der Waals surface area (Å²) in [4.78, 5) is 0. The van der Waals surface area contributed by atoms with Gasteiger partial charge in [-0.2, -0.15) is 0 Å². The highest BCUT2D eigenvalue weighted by Crippen LogP contribution is 2.21. The molecule has 0 atom stereocenters. The lowest BCUT2D eigenvalue weighted by molar-refractivity contribution is 0.358. The van der Waals surface area contributed by atoms with E-state index in [0.717, 1.165) is 5.75 Å². The second-order valence-corrected chi connectivity index (χ2v) is 2.96. The van der Waals surface area contributed by atoms with Gasteiger partial charge in [0.2, 0.25) is 0 Å². The van der Waals surface area contributed by atoms with E-state index in [2.05, 4.69) is 19.9 Å². The molecule has 0 aliphatic carbocycles. The van der Waals surface area contributed by atoms with Crippen LogP contribution in [0.1, 0.15) is 25.8 Å². The quantitative estimate of drug-likeness (QED) is 0.587. The van der Waals surface area contributed by atoms with Gasteiger partial charge in [0.05, 0.1) is 0 Å². The Morgan fingerprint density at radius 2 is 1.92 bits per heavy atom. The molecule has 0 unspecified atom stereocenters. The van der Waals surface area contributed by atoms with Crippen LogP contribution in [0.5, 0.6) is 5.75 Å². The Bertz CT molecular complexity index is 276. The minimum Gasteiger partial charge on any atom is -0.489 e. The van der Waals surface area contributed by atoms with Crippen LogP contribution in [-0.4, -0.2) is 6.61 Å². The van der Waals surface area contributed by atoms with Crippen molar-refractivity contribution >= 4 is 6.08 Å². The number of ether oxygens (including phenoxy) is 1. The molecule has 1 aromatic rings. The van der Waals surface area contributed by atoms with Crippen molar-refractivity contribution in [3.8, 4) is 5.75 Å². The first-order valence-electron chi connectivity index (χ1n) is 4.76. The van der Waals surface area contributed by atoms with Crippen molar-refractivity contribution in [3.05, 3.63) is 35.9 Å². The average molecular weight is 176 g/mol. The van der Waals surface area contributed by atoms with E-state index >= 15 is 0 Å². The van der Waals surface area contributed by atoms with Gasteiger partial charge in [-0.25, -0.2) is 0 Å². The third-order valence-electron chi connectivity index (χ3n) is 1.55. The van der Waals surface area contributed by atoms with Crippen LogP contribution in [-0.2, 0) is 0 Å². The number of hydrogen-bond donors (Lipinski definition) is 0. The summed E-state index contributed by atoms with van der Waals surface area (Å²) in [5.74, 6) is 0.991. The van der Waals surface area contributed by atoms with Gasteiger partial charge in [0.25, 0.3) is 0 Å². The van der Waals surface area contributed by atoms with Gasteiger partial charge in [0, 0.05) is 5.56 Å². The van der Waals surface area contributed by atoms with E-state index in [1.807, 2.05) is 30.3 Å². The van der Waals surface area contributed by atoms with Gasteiger partial charge in [0.1, 0.15) is 12.4 Å². The lowest BCUT2D eigenvalue weighted by Crippen LogP contribution is -1.98. The summed E-state index contributed by atoms with van der Waals surface area (Å²) in [7, 11) is 0. The predicted octanol–water partition coefficient (Wildman–Crippen LogP) is 3.51. The zero-order chi connectivity index (χ0) is 9.52. The summed E-state index contributed by atoms with van der Waals surface area (Å²) in [6.45, 7) is 4.96. The molecule has 13 heavy (non-hydrogen) atoms. The number of rotatable bonds is 0. The first-order valence-corrected chi connectivity index (χ1v) is 4.76. The van der Waals surface area contributed by atoms with E-state index < -0.39 is 0 Å². The van der Waals surface area contributed by atoms with E-state index in [0.29, 0.717) is 6.61 Å². The normalized spacial score (nSPS) is 12.2. The summed E-state index contributed by atoms with van der Waals surface area (Å²) < 4.78 is 5.34. The van der Waals surface area contributed by atoms with Crippen molar-refractivity contribution < 1.29 is 4.74 Å². The average Bonchev–Trinajstić information content (AvgIpc) is 2.19. The Labute approximate surface area is 80.0 Å². The van der Waals surface area contributed by atoms with Crippen molar-refractivity contribution in [3.63, 3.8) is 0 Å². The molecule has 0 radical (unpaired) electrons. The number of hydrogen-bond acceptors (Lipinski definition) is 1. The van der Waals surface area contributed by atoms with Crippen molar-refractivity contribution in [2.75, 3.05) is 6.61 Å². The Morgan fingerprint density at radius 3 is 2.62 bits per heavy atom. The Morgan fingerprint density at radius 1 is 1.23 bits per heavy atom. The van der Waals surface area contributed by atoms with Crippen LogP contribution in [0, 0.1) is 0 Å². The van der Waals surface area contributed by atoms with E-state index in [1.165, 1.54) is 12.0 Å². The minimum absolute atomic E-state index is 0.705. The highest BCUT2D eigenvalue weighted by Gasteiger charge is 2.01. The number of benzene rings is 1. The van der Waals surface area contributed by atoms with Gasteiger partial charge in [-0.15, -0.1) is 0 Å². The van der Waals surface area contributed by atoms with Crippen molar-refractivity contribution in [2.45, 2.75) is 20.3 Å². The van der Waals surface area contributed by atoms with E-state index in [1.54, 1.807) is 0 Å². The second kappa shape index (κ2) is 5.41. The van der Waals surface area contributed by atoms with E-state index in [9.17, 15) is 0 Å². The molecule has 0 saturated carbocycles. The van der Waals surface area contributed by atoms with E-state index in [-0.39, 0.29) is 0 Å². The summed E-state index contributed by atoms with van der Waals surface area (Å²) in [5, 5.41) is 0. The molecule has 70 valence electrons. The van der Waals surface area contributed by atoms with Crippen LogP contribution in [0.4, 0.5) is 0 Å². The van der Waals surface area contributed by atoms with Crippen molar-refractivity contribution in [1.29, 1.82) is 0 Å². The minimum atomic E-state index is 0.705. The van der Waals surface area contributed by atoms with Crippen molar-refractivity contribution in [2.24, 2.45) is 0 Å². The maximum atomic E-state index is 5.34. The molecule has 0 saturated heterocycles. The molecule has 0 aromatic heterocycles. The molecule has 0 N–H and O–H groups in total. The highest BCUT2D eigenvalue weighted by atomic mass is 16.5. The highest BCUT2D eigenvalue weighted by molar-refractivity contribution is 5.58.